The Morgan fingerprint density at radius 3 is 1.99 bits per heavy atom. The van der Waals surface area contributed by atoms with E-state index < -0.39 is 0 Å². The summed E-state index contributed by atoms with van der Waals surface area (Å²) < 4.78 is 2.41. The minimum atomic E-state index is -0.179. The van der Waals surface area contributed by atoms with Crippen molar-refractivity contribution in [2.75, 3.05) is 0 Å². The zero-order chi connectivity index (χ0) is 45.6. The van der Waals surface area contributed by atoms with E-state index in [1.165, 1.54) is 33.0 Å². The lowest BCUT2D eigenvalue weighted by molar-refractivity contribution is 0.661. The molecule has 0 amide bonds. The van der Waals surface area contributed by atoms with Gasteiger partial charge in [-0.1, -0.05) is 184 Å². The lowest BCUT2D eigenvalue weighted by atomic mass is 9.82. The zero-order valence-corrected chi connectivity index (χ0v) is 37.7. The molecule has 0 atom stereocenters. The van der Waals surface area contributed by atoms with Crippen LogP contribution in [-0.2, 0) is 5.41 Å². The van der Waals surface area contributed by atoms with Crippen LogP contribution in [0.4, 0.5) is 0 Å². The molecule has 1 aliphatic rings. The molecule has 0 fully saturated rings. The third-order valence-corrected chi connectivity index (χ3v) is 13.4. The molecule has 4 heteroatoms. The van der Waals surface area contributed by atoms with Crippen LogP contribution in [0.1, 0.15) is 43.2 Å². The molecule has 8 aromatic carbocycles. The average Bonchev–Trinajstić information content (AvgIpc) is 3.83. The number of fused-ring (bicyclic) bond motifs is 6. The number of aromatic nitrogens is 3. The first-order chi connectivity index (χ1) is 32.8. The molecule has 2 aromatic heterocycles. The maximum Gasteiger partial charge on any atom is 0.160 e. The number of para-hydroxylation sites is 1. The van der Waals surface area contributed by atoms with Crippen molar-refractivity contribution in [3.63, 3.8) is 0 Å². The largest absolute Gasteiger partial charge is 0.309 e. The van der Waals surface area contributed by atoms with E-state index in [-0.39, 0.29) is 5.41 Å². The maximum absolute atomic E-state index is 10.8. The van der Waals surface area contributed by atoms with E-state index in [4.69, 9.17) is 9.97 Å². The Hall–Kier alpha value is -8.65. The van der Waals surface area contributed by atoms with Crippen molar-refractivity contribution in [1.29, 1.82) is 5.26 Å². The Labute approximate surface area is 391 Å². The van der Waals surface area contributed by atoms with Gasteiger partial charge < -0.3 is 4.57 Å². The number of benzene rings is 8. The smallest absolute Gasteiger partial charge is 0.160 e. The van der Waals surface area contributed by atoms with Crippen LogP contribution in [0.25, 0.3) is 100 Å². The maximum atomic E-state index is 10.8. The highest BCUT2D eigenvalue weighted by Crippen LogP contribution is 2.51. The molecule has 1 aliphatic carbocycles. The summed E-state index contributed by atoms with van der Waals surface area (Å²) >= 11 is 0. The quantitative estimate of drug-likeness (QED) is 0.136. The van der Waals surface area contributed by atoms with Crippen LogP contribution in [0.15, 0.2) is 219 Å². The number of allylic oxidation sites excluding steroid dienone is 5. The molecule has 0 aliphatic heterocycles. The van der Waals surface area contributed by atoms with Gasteiger partial charge in [0.1, 0.15) is 0 Å². The molecule has 10 aromatic rings. The van der Waals surface area contributed by atoms with E-state index in [0.717, 1.165) is 78.2 Å². The van der Waals surface area contributed by atoms with Crippen molar-refractivity contribution in [3.05, 3.63) is 241 Å². The SMILES string of the molecule is C=C/C=C\C(=C/C)c1cc(-c2cc(-c3ccc(-c4ccc(-c5ccccc5)cc4)c(C#N)c3)cc(-n3c4ccccc4c4cc5c(cc43)C(C)(C)c3ccccc3-5)c2)nc(-c2ccccc2)n1. The Bertz CT molecular complexity index is 3670. The fourth-order valence-electron chi connectivity index (χ4n) is 10.00. The van der Waals surface area contributed by atoms with Gasteiger partial charge in [0.05, 0.1) is 34.1 Å². The Morgan fingerprint density at radius 2 is 1.22 bits per heavy atom. The normalized spacial score (nSPS) is 12.9. The summed E-state index contributed by atoms with van der Waals surface area (Å²) in [5.41, 5.74) is 19.4. The Kier molecular flexibility index (Phi) is 10.3. The molecular weight excluding hydrogens is 813 g/mol. The number of nitrogens with zero attached hydrogens (tertiary/aromatic N) is 4. The number of hydrogen-bond acceptors (Lipinski definition) is 3. The Balaban J connectivity index is 1.14. The first kappa shape index (κ1) is 41.1. The van der Waals surface area contributed by atoms with E-state index in [2.05, 4.69) is 195 Å². The van der Waals surface area contributed by atoms with Gasteiger partial charge in [0.15, 0.2) is 5.82 Å². The molecule has 0 saturated carbocycles. The lowest BCUT2D eigenvalue weighted by Crippen LogP contribution is -2.15. The molecule has 67 heavy (non-hydrogen) atoms. The summed E-state index contributed by atoms with van der Waals surface area (Å²) in [5, 5.41) is 13.1. The van der Waals surface area contributed by atoms with Crippen LogP contribution in [0, 0.1) is 11.3 Å². The predicted octanol–water partition coefficient (Wildman–Crippen LogP) is 16.2. The molecule has 4 nitrogen and oxygen atoms in total. The van der Waals surface area contributed by atoms with E-state index in [1.54, 1.807) is 6.08 Å². The van der Waals surface area contributed by atoms with Gasteiger partial charge in [0, 0.05) is 33.0 Å². The second-order valence-electron chi connectivity index (χ2n) is 17.7. The minimum absolute atomic E-state index is 0.179. The van der Waals surface area contributed by atoms with E-state index >= 15 is 0 Å². The van der Waals surface area contributed by atoms with Gasteiger partial charge in [-0.2, -0.15) is 5.26 Å². The highest BCUT2D eigenvalue weighted by molar-refractivity contribution is 6.12. The highest BCUT2D eigenvalue weighted by Gasteiger charge is 2.36. The summed E-state index contributed by atoms with van der Waals surface area (Å²) in [6.07, 6.45) is 7.82. The fourth-order valence-corrected chi connectivity index (χ4v) is 10.00. The van der Waals surface area contributed by atoms with Gasteiger partial charge in [0.2, 0.25) is 0 Å². The molecule has 11 rings (SSSR count). The second kappa shape index (κ2) is 16.7. The van der Waals surface area contributed by atoms with Crippen molar-refractivity contribution < 1.29 is 0 Å². The number of rotatable bonds is 9. The molecule has 0 bridgehead atoms. The third-order valence-electron chi connectivity index (χ3n) is 13.4. The van der Waals surface area contributed by atoms with Gasteiger partial charge in [-0.25, -0.2) is 9.97 Å². The molecule has 0 spiro atoms. The standard InChI is InChI=1S/C63H46N4/c1-5-7-18-41(6-2)58-39-59(66-62(65-58)45-21-12-9-13-22-45)48-34-47(46-31-32-51(49(33-46)40-64)44-29-27-43(28-30-44)42-19-10-8-11-20-42)35-50(36-48)67-60-26-17-15-24-53(60)55-37-54-52-23-14-16-25-56(52)63(3,4)57(54)38-61(55)67/h5-39H,1H2,2-4H3/b18-7-,41-6+. The summed E-state index contributed by atoms with van der Waals surface area (Å²) in [7, 11) is 0. The van der Waals surface area contributed by atoms with Gasteiger partial charge >= 0.3 is 0 Å². The molecule has 2 heterocycles. The van der Waals surface area contributed by atoms with Crippen LogP contribution in [-0.4, -0.2) is 14.5 Å². The molecule has 0 radical (unpaired) electrons. The molecule has 0 saturated heterocycles. The highest BCUT2D eigenvalue weighted by atomic mass is 15.0. The second-order valence-corrected chi connectivity index (χ2v) is 17.7. The van der Waals surface area contributed by atoms with Gasteiger partial charge in [-0.05, 0) is 117 Å². The first-order valence-electron chi connectivity index (χ1n) is 22.8. The van der Waals surface area contributed by atoms with E-state index in [1.807, 2.05) is 49.4 Å². The van der Waals surface area contributed by atoms with Gasteiger partial charge in [-0.3, -0.25) is 0 Å². The average molecular weight is 859 g/mol. The van der Waals surface area contributed by atoms with Crippen molar-refractivity contribution in [1.82, 2.24) is 14.5 Å². The predicted molar refractivity (Wildman–Crippen MR) is 279 cm³/mol. The first-order valence-corrected chi connectivity index (χ1v) is 22.8. The monoisotopic (exact) mass is 858 g/mol. The molecular formula is C63H46N4. The van der Waals surface area contributed by atoms with Crippen molar-refractivity contribution >= 4 is 27.4 Å². The van der Waals surface area contributed by atoms with Gasteiger partial charge in [0.25, 0.3) is 0 Å². The van der Waals surface area contributed by atoms with Crippen LogP contribution in [0.2, 0.25) is 0 Å². The summed E-state index contributed by atoms with van der Waals surface area (Å²) in [6.45, 7) is 10.6. The fraction of sp³-hybridized carbons (Fsp3) is 0.0635. The topological polar surface area (TPSA) is 54.5 Å². The molecule has 0 N–H and O–H groups in total. The summed E-state index contributed by atoms with van der Waals surface area (Å²) in [5.74, 6) is 0.634. The van der Waals surface area contributed by atoms with Crippen LogP contribution in [0.5, 0.6) is 0 Å². The number of hydrogen-bond donors (Lipinski definition) is 0. The van der Waals surface area contributed by atoms with Crippen LogP contribution < -0.4 is 0 Å². The van der Waals surface area contributed by atoms with Crippen molar-refractivity contribution in [2.24, 2.45) is 0 Å². The third kappa shape index (κ3) is 7.19. The summed E-state index contributed by atoms with van der Waals surface area (Å²) in [6, 6.07) is 69.0. The zero-order valence-electron chi connectivity index (χ0n) is 37.7. The van der Waals surface area contributed by atoms with Crippen LogP contribution >= 0.6 is 0 Å². The minimum Gasteiger partial charge on any atom is -0.309 e. The molecule has 0 unspecified atom stereocenters. The van der Waals surface area contributed by atoms with Crippen molar-refractivity contribution in [3.8, 4) is 78.9 Å². The van der Waals surface area contributed by atoms with Crippen molar-refractivity contribution in [2.45, 2.75) is 26.2 Å². The lowest BCUT2D eigenvalue weighted by Gasteiger charge is -2.22. The Morgan fingerprint density at radius 1 is 0.552 bits per heavy atom. The summed E-state index contributed by atoms with van der Waals surface area (Å²) in [4.78, 5) is 10.4. The van der Waals surface area contributed by atoms with E-state index in [9.17, 15) is 5.26 Å². The van der Waals surface area contributed by atoms with Gasteiger partial charge in [-0.15, -0.1) is 0 Å². The van der Waals surface area contributed by atoms with Crippen LogP contribution in [0.3, 0.4) is 0 Å². The van der Waals surface area contributed by atoms with E-state index in [0.29, 0.717) is 11.4 Å². The number of nitriles is 1. The molecule has 318 valence electrons.